The lowest BCUT2D eigenvalue weighted by atomic mass is 9.93. The highest BCUT2D eigenvalue weighted by atomic mass is 32.1. The molecular weight excluding hydrogens is 420 g/mol. The van der Waals surface area contributed by atoms with Crippen LogP contribution in [0.2, 0.25) is 0 Å². The van der Waals surface area contributed by atoms with Crippen molar-refractivity contribution in [3.63, 3.8) is 0 Å². The smallest absolute Gasteiger partial charge is 0.253 e. The van der Waals surface area contributed by atoms with Crippen LogP contribution in [-0.4, -0.2) is 22.7 Å². The van der Waals surface area contributed by atoms with Crippen LogP contribution in [0.25, 0.3) is 0 Å². The van der Waals surface area contributed by atoms with Gasteiger partial charge in [0, 0.05) is 6.42 Å². The fraction of sp³-hybridized carbons (Fsp3) is 0.154. The number of nitrogens with zero attached hydrogens (tertiary/aromatic N) is 2. The summed E-state index contributed by atoms with van der Waals surface area (Å²) in [4.78, 5) is 42.7. The van der Waals surface area contributed by atoms with Crippen LogP contribution in [0.5, 0.6) is 0 Å². The van der Waals surface area contributed by atoms with Crippen LogP contribution < -0.4 is 9.80 Å². The molecule has 0 atom stereocenters. The van der Waals surface area contributed by atoms with Crippen molar-refractivity contribution >= 4 is 46.3 Å². The summed E-state index contributed by atoms with van der Waals surface area (Å²) in [6, 6.07) is 23.6. The van der Waals surface area contributed by atoms with E-state index in [1.54, 1.807) is 36.4 Å². The predicted octanol–water partition coefficient (Wildman–Crippen LogP) is 4.40. The zero-order valence-corrected chi connectivity index (χ0v) is 18.6. The Morgan fingerprint density at radius 1 is 0.750 bits per heavy atom. The van der Waals surface area contributed by atoms with Gasteiger partial charge in [-0.25, -0.2) is 0 Å². The number of hydrogen-bond acceptors (Lipinski definition) is 4. The average molecular weight is 443 g/mol. The molecule has 0 N–H and O–H groups in total. The number of rotatable bonds is 5. The number of benzene rings is 3. The molecule has 4 rings (SSSR count). The molecule has 1 heterocycles. The Kier molecular flexibility index (Phi) is 5.97. The number of carbonyl (C=O) groups excluding carboxylic acids is 3. The summed E-state index contributed by atoms with van der Waals surface area (Å²) in [5, 5.41) is 0.0384. The van der Waals surface area contributed by atoms with E-state index in [-0.39, 0.29) is 11.5 Å². The molecule has 5 nitrogen and oxygen atoms in total. The lowest BCUT2D eigenvalue weighted by Gasteiger charge is -2.38. The summed E-state index contributed by atoms with van der Waals surface area (Å²) in [5.74, 6) is -3.16. The standard InChI is InChI=1S/C26H22N2O3S/c1-17-8-12-20(13-9-17)27-24(30)23(22(29)16-19-6-4-3-5-7-19)25(31)28(26(27)32)21-14-10-18(2)11-15-21/h3-15,23H,16H2,1-2H3. The SMILES string of the molecule is Cc1ccc(N2C(=O)C(C(=O)Cc3ccccc3)C(=O)N(c3ccc(C)cc3)C2=S)cc1. The minimum absolute atomic E-state index is 0.0147. The fourth-order valence-electron chi connectivity index (χ4n) is 3.69. The zero-order chi connectivity index (χ0) is 22.8. The van der Waals surface area contributed by atoms with Gasteiger partial charge in [-0.2, -0.15) is 0 Å². The monoisotopic (exact) mass is 442 g/mol. The average Bonchev–Trinajstić information content (AvgIpc) is 2.77. The van der Waals surface area contributed by atoms with Crippen LogP contribution in [0, 0.1) is 19.8 Å². The van der Waals surface area contributed by atoms with E-state index in [0.717, 1.165) is 16.7 Å². The first-order chi connectivity index (χ1) is 15.4. The second kappa shape index (κ2) is 8.85. The van der Waals surface area contributed by atoms with Gasteiger partial charge in [0.15, 0.2) is 16.8 Å². The Balaban J connectivity index is 1.77. The molecule has 0 saturated carbocycles. The van der Waals surface area contributed by atoms with Gasteiger partial charge in [0.25, 0.3) is 11.8 Å². The molecule has 1 fully saturated rings. The highest BCUT2D eigenvalue weighted by molar-refractivity contribution is 7.81. The van der Waals surface area contributed by atoms with Gasteiger partial charge in [0.1, 0.15) is 0 Å². The molecule has 32 heavy (non-hydrogen) atoms. The van der Waals surface area contributed by atoms with Crippen molar-refractivity contribution in [2.75, 3.05) is 9.80 Å². The van der Waals surface area contributed by atoms with Crippen molar-refractivity contribution in [3.8, 4) is 0 Å². The van der Waals surface area contributed by atoms with Crippen LogP contribution >= 0.6 is 12.2 Å². The molecule has 0 radical (unpaired) electrons. The highest BCUT2D eigenvalue weighted by Gasteiger charge is 2.48. The van der Waals surface area contributed by atoms with Crippen molar-refractivity contribution in [1.29, 1.82) is 0 Å². The lowest BCUT2D eigenvalue weighted by Crippen LogP contribution is -2.62. The normalized spacial score (nSPS) is 14.8. The Labute approximate surface area is 192 Å². The van der Waals surface area contributed by atoms with Gasteiger partial charge < -0.3 is 0 Å². The molecule has 0 bridgehead atoms. The second-order valence-corrected chi connectivity index (χ2v) is 8.23. The summed E-state index contributed by atoms with van der Waals surface area (Å²) >= 11 is 5.60. The summed E-state index contributed by atoms with van der Waals surface area (Å²) < 4.78 is 0. The van der Waals surface area contributed by atoms with Gasteiger partial charge in [0.2, 0.25) is 0 Å². The maximum absolute atomic E-state index is 13.5. The zero-order valence-electron chi connectivity index (χ0n) is 17.8. The molecule has 0 unspecified atom stereocenters. The van der Waals surface area contributed by atoms with E-state index in [1.165, 1.54) is 9.80 Å². The van der Waals surface area contributed by atoms with E-state index in [1.807, 2.05) is 56.3 Å². The number of aryl methyl sites for hydroxylation is 2. The summed E-state index contributed by atoms with van der Waals surface area (Å²) in [6.07, 6.45) is -0.0147. The number of amides is 2. The Morgan fingerprint density at radius 3 is 1.62 bits per heavy atom. The third-order valence-electron chi connectivity index (χ3n) is 5.44. The minimum Gasteiger partial charge on any atom is -0.298 e. The molecule has 3 aromatic carbocycles. The van der Waals surface area contributed by atoms with Crippen molar-refractivity contribution in [2.45, 2.75) is 20.3 Å². The molecule has 1 aliphatic rings. The topological polar surface area (TPSA) is 57.7 Å². The molecule has 0 aliphatic carbocycles. The summed E-state index contributed by atoms with van der Waals surface area (Å²) in [5.41, 5.74) is 3.83. The van der Waals surface area contributed by atoms with Gasteiger partial charge in [-0.3, -0.25) is 24.2 Å². The van der Waals surface area contributed by atoms with Gasteiger partial charge in [0.05, 0.1) is 11.4 Å². The minimum atomic E-state index is -1.47. The number of Topliss-reactive ketones (excluding diaryl/α,β-unsaturated/α-hetero) is 1. The van der Waals surface area contributed by atoms with E-state index in [2.05, 4.69) is 0 Å². The highest BCUT2D eigenvalue weighted by Crippen LogP contribution is 2.30. The van der Waals surface area contributed by atoms with Crippen LogP contribution in [0.3, 0.4) is 0 Å². The Morgan fingerprint density at radius 2 is 1.19 bits per heavy atom. The predicted molar refractivity (Wildman–Crippen MR) is 129 cm³/mol. The molecule has 6 heteroatoms. The van der Waals surface area contributed by atoms with E-state index in [0.29, 0.717) is 11.4 Å². The number of thiocarbonyl (C=S) groups is 1. The molecule has 0 aromatic heterocycles. The Hall–Kier alpha value is -3.64. The maximum atomic E-state index is 13.5. The van der Waals surface area contributed by atoms with E-state index >= 15 is 0 Å². The van der Waals surface area contributed by atoms with Gasteiger partial charge in [-0.1, -0.05) is 65.7 Å². The third kappa shape index (κ3) is 4.09. The number of hydrogen-bond donors (Lipinski definition) is 0. The first-order valence-corrected chi connectivity index (χ1v) is 10.7. The first kappa shape index (κ1) is 21.6. The largest absolute Gasteiger partial charge is 0.298 e. The van der Waals surface area contributed by atoms with Crippen molar-refractivity contribution < 1.29 is 14.4 Å². The van der Waals surface area contributed by atoms with Gasteiger partial charge in [-0.05, 0) is 55.9 Å². The first-order valence-electron chi connectivity index (χ1n) is 10.3. The van der Waals surface area contributed by atoms with E-state index in [9.17, 15) is 14.4 Å². The van der Waals surface area contributed by atoms with Gasteiger partial charge in [-0.15, -0.1) is 0 Å². The summed E-state index contributed by atoms with van der Waals surface area (Å²) in [6.45, 7) is 3.88. The second-order valence-electron chi connectivity index (χ2n) is 7.86. The number of carbonyl (C=O) groups is 3. The van der Waals surface area contributed by atoms with Crippen LogP contribution in [0.1, 0.15) is 16.7 Å². The van der Waals surface area contributed by atoms with Crippen LogP contribution in [-0.2, 0) is 20.8 Å². The molecular formula is C26H22N2O3S. The molecule has 0 spiro atoms. The van der Waals surface area contributed by atoms with Crippen LogP contribution in [0.4, 0.5) is 11.4 Å². The fourth-order valence-corrected chi connectivity index (χ4v) is 4.08. The number of anilines is 2. The van der Waals surface area contributed by atoms with E-state index in [4.69, 9.17) is 12.2 Å². The van der Waals surface area contributed by atoms with Crippen molar-refractivity contribution in [3.05, 3.63) is 95.6 Å². The molecule has 160 valence electrons. The quantitative estimate of drug-likeness (QED) is 0.434. The molecule has 1 aliphatic heterocycles. The van der Waals surface area contributed by atoms with Crippen LogP contribution in [0.15, 0.2) is 78.9 Å². The number of ketones is 1. The lowest BCUT2D eigenvalue weighted by molar-refractivity contribution is -0.139. The summed E-state index contributed by atoms with van der Waals surface area (Å²) in [7, 11) is 0. The maximum Gasteiger partial charge on any atom is 0.253 e. The van der Waals surface area contributed by atoms with Gasteiger partial charge >= 0.3 is 0 Å². The third-order valence-corrected chi connectivity index (χ3v) is 5.81. The molecule has 3 aromatic rings. The van der Waals surface area contributed by atoms with Crippen molar-refractivity contribution in [2.24, 2.45) is 5.92 Å². The van der Waals surface area contributed by atoms with E-state index < -0.39 is 23.5 Å². The molecule has 2 amide bonds. The molecule has 1 saturated heterocycles. The van der Waals surface area contributed by atoms with Crippen molar-refractivity contribution in [1.82, 2.24) is 0 Å². The Bertz CT molecular complexity index is 1120.